The predicted octanol–water partition coefficient (Wildman–Crippen LogP) is 3.65. The van der Waals surface area contributed by atoms with Gasteiger partial charge >= 0.3 is 99.4 Å². The van der Waals surface area contributed by atoms with Gasteiger partial charge in [0.05, 0.1) is 0 Å². The van der Waals surface area contributed by atoms with Gasteiger partial charge in [0, 0.05) is 0 Å². The molecule has 0 aromatic carbocycles. The Morgan fingerprint density at radius 1 is 0.933 bits per heavy atom. The minimum atomic E-state index is -2.86. The first-order valence-corrected chi connectivity index (χ1v) is 12.1. The van der Waals surface area contributed by atoms with E-state index in [0.29, 0.717) is 0 Å². The van der Waals surface area contributed by atoms with E-state index in [1.165, 1.54) is 0 Å². The van der Waals surface area contributed by atoms with Gasteiger partial charge < -0.3 is 0 Å². The molecule has 15 heavy (non-hydrogen) atoms. The molecular formula is C12H24O2Sn. The molecule has 0 N–H and O–H groups in total. The van der Waals surface area contributed by atoms with Crippen molar-refractivity contribution in [3.63, 3.8) is 0 Å². The van der Waals surface area contributed by atoms with Crippen molar-refractivity contribution in [1.29, 1.82) is 0 Å². The molecule has 0 rings (SSSR count). The third-order valence-corrected chi connectivity index (χ3v) is 11.4. The summed E-state index contributed by atoms with van der Waals surface area (Å²) in [6, 6.07) is 0. The molecule has 0 spiro atoms. The molecule has 0 amide bonds. The number of hydrogen-bond acceptors (Lipinski definition) is 2. The van der Waals surface area contributed by atoms with Crippen LogP contribution in [0.15, 0.2) is 25.3 Å². The maximum atomic E-state index is 6.01. The fraction of sp³-hybridized carbons (Fsp3) is 0.667. The zero-order chi connectivity index (χ0) is 11.6. The fourth-order valence-electron chi connectivity index (χ4n) is 1.38. The monoisotopic (exact) mass is 320 g/mol. The van der Waals surface area contributed by atoms with Crippen molar-refractivity contribution in [2.45, 2.75) is 35.6 Å². The van der Waals surface area contributed by atoms with Gasteiger partial charge in [-0.05, 0) is 0 Å². The third kappa shape index (κ3) is 6.38. The van der Waals surface area contributed by atoms with Gasteiger partial charge in [-0.15, -0.1) is 0 Å². The Kier molecular flexibility index (Phi) is 9.55. The topological polar surface area (TPSA) is 18.5 Å². The van der Waals surface area contributed by atoms with Gasteiger partial charge in [0.1, 0.15) is 0 Å². The Hall–Kier alpha value is 0.199. The van der Waals surface area contributed by atoms with Crippen molar-refractivity contribution in [3.05, 3.63) is 25.3 Å². The normalized spacial score (nSPS) is 11.3. The van der Waals surface area contributed by atoms with Crippen LogP contribution in [0.2, 0.25) is 8.87 Å². The summed E-state index contributed by atoms with van der Waals surface area (Å²) in [5.74, 6) is 0. The van der Waals surface area contributed by atoms with Gasteiger partial charge in [-0.25, -0.2) is 0 Å². The first kappa shape index (κ1) is 15.2. The number of hydrogen-bond donors (Lipinski definition) is 0. The van der Waals surface area contributed by atoms with Gasteiger partial charge in [0.15, 0.2) is 0 Å². The Balaban J connectivity index is 4.38. The Morgan fingerprint density at radius 3 is 1.60 bits per heavy atom. The van der Waals surface area contributed by atoms with Crippen LogP contribution in [0, 0.1) is 0 Å². The van der Waals surface area contributed by atoms with Crippen molar-refractivity contribution in [3.8, 4) is 0 Å². The molecule has 0 atom stereocenters. The van der Waals surface area contributed by atoms with Crippen LogP contribution in [0.5, 0.6) is 0 Å². The van der Waals surface area contributed by atoms with Crippen molar-refractivity contribution in [1.82, 2.24) is 0 Å². The average Bonchev–Trinajstić information content (AvgIpc) is 2.24. The summed E-state index contributed by atoms with van der Waals surface area (Å²) >= 11 is -2.86. The van der Waals surface area contributed by atoms with Crippen LogP contribution in [-0.4, -0.2) is 32.4 Å². The van der Waals surface area contributed by atoms with Gasteiger partial charge in [0.25, 0.3) is 0 Å². The SMILES string of the molecule is C=C[CH2][Sn]([CH2]C=C)([O]CCC)[O]CCC. The second kappa shape index (κ2) is 9.43. The summed E-state index contributed by atoms with van der Waals surface area (Å²) in [5, 5.41) is 0. The van der Waals surface area contributed by atoms with E-state index < -0.39 is 19.2 Å². The van der Waals surface area contributed by atoms with Crippen LogP contribution in [0.1, 0.15) is 26.7 Å². The predicted molar refractivity (Wildman–Crippen MR) is 68.2 cm³/mol. The minimum absolute atomic E-state index is 0.807. The molecule has 0 heterocycles. The second-order valence-corrected chi connectivity index (χ2v) is 12.8. The van der Waals surface area contributed by atoms with E-state index in [-0.39, 0.29) is 0 Å². The average molecular weight is 319 g/mol. The van der Waals surface area contributed by atoms with Gasteiger partial charge in [0.2, 0.25) is 0 Å². The number of allylic oxidation sites excluding steroid dienone is 2. The molecule has 2 nitrogen and oxygen atoms in total. The van der Waals surface area contributed by atoms with Crippen LogP contribution in [0.4, 0.5) is 0 Å². The van der Waals surface area contributed by atoms with Crippen LogP contribution in [-0.2, 0) is 6.15 Å². The molecule has 3 heteroatoms. The summed E-state index contributed by atoms with van der Waals surface area (Å²) < 4.78 is 13.8. The summed E-state index contributed by atoms with van der Waals surface area (Å²) in [6.07, 6.45) is 5.96. The first-order valence-electron chi connectivity index (χ1n) is 5.74. The third-order valence-electron chi connectivity index (χ3n) is 2.05. The van der Waals surface area contributed by atoms with E-state index >= 15 is 0 Å². The molecule has 0 unspecified atom stereocenters. The zero-order valence-electron chi connectivity index (χ0n) is 10.1. The molecule has 0 aromatic heterocycles. The Bertz CT molecular complexity index is 160. The van der Waals surface area contributed by atoms with E-state index in [2.05, 4.69) is 27.0 Å². The molecule has 0 saturated carbocycles. The van der Waals surface area contributed by atoms with E-state index in [1.807, 2.05) is 12.2 Å². The molecule has 0 aliphatic carbocycles. The molecule has 88 valence electrons. The molecule has 0 fully saturated rings. The molecular weight excluding hydrogens is 295 g/mol. The zero-order valence-corrected chi connectivity index (χ0v) is 13.0. The van der Waals surface area contributed by atoms with E-state index in [9.17, 15) is 0 Å². The van der Waals surface area contributed by atoms with E-state index in [4.69, 9.17) is 6.15 Å². The van der Waals surface area contributed by atoms with Crippen molar-refractivity contribution >= 4 is 19.2 Å². The Morgan fingerprint density at radius 2 is 1.33 bits per heavy atom. The van der Waals surface area contributed by atoms with Crippen LogP contribution < -0.4 is 0 Å². The van der Waals surface area contributed by atoms with Crippen molar-refractivity contribution < 1.29 is 6.15 Å². The van der Waals surface area contributed by atoms with Crippen LogP contribution >= 0.6 is 0 Å². The van der Waals surface area contributed by atoms with Crippen LogP contribution in [0.3, 0.4) is 0 Å². The molecule has 0 aliphatic heterocycles. The van der Waals surface area contributed by atoms with E-state index in [1.54, 1.807) is 0 Å². The fourth-order valence-corrected chi connectivity index (χ4v) is 9.23. The van der Waals surface area contributed by atoms with Gasteiger partial charge in [-0.3, -0.25) is 0 Å². The summed E-state index contributed by atoms with van der Waals surface area (Å²) in [5.41, 5.74) is 0. The van der Waals surface area contributed by atoms with Crippen LogP contribution in [0.25, 0.3) is 0 Å². The van der Waals surface area contributed by atoms with E-state index in [0.717, 1.165) is 34.9 Å². The second-order valence-electron chi connectivity index (χ2n) is 3.59. The molecule has 0 saturated heterocycles. The molecule has 0 bridgehead atoms. The molecule has 0 radical (unpaired) electrons. The van der Waals surface area contributed by atoms with Gasteiger partial charge in [-0.1, -0.05) is 0 Å². The summed E-state index contributed by atoms with van der Waals surface area (Å²) in [6.45, 7) is 13.5. The number of rotatable bonds is 10. The van der Waals surface area contributed by atoms with Gasteiger partial charge in [-0.2, -0.15) is 0 Å². The quantitative estimate of drug-likeness (QED) is 0.452. The van der Waals surface area contributed by atoms with Crippen molar-refractivity contribution in [2.24, 2.45) is 0 Å². The first-order chi connectivity index (χ1) is 7.24. The maximum absolute atomic E-state index is 6.01. The van der Waals surface area contributed by atoms with Crippen molar-refractivity contribution in [2.75, 3.05) is 13.2 Å². The summed E-state index contributed by atoms with van der Waals surface area (Å²) in [4.78, 5) is 0. The molecule has 0 aliphatic rings. The molecule has 0 aromatic rings. The Labute approximate surface area is 99.3 Å². The standard InChI is InChI=1S/2C3H7O.2C3H5.Sn/c2*1-2-3-4;2*1-3-2;/h2*2-3H2,1H3;2*3H,1-2H2;/q2*-1;;;+2. The summed E-state index contributed by atoms with van der Waals surface area (Å²) in [7, 11) is 0.